The van der Waals surface area contributed by atoms with Gasteiger partial charge in [-0.2, -0.15) is 0 Å². The highest BCUT2D eigenvalue weighted by atomic mass is 16.5. The van der Waals surface area contributed by atoms with Gasteiger partial charge in [0.05, 0.1) is 0 Å². The van der Waals surface area contributed by atoms with Crippen molar-refractivity contribution in [2.24, 2.45) is 5.41 Å². The van der Waals surface area contributed by atoms with Crippen LogP contribution in [0, 0.1) is 33.1 Å². The molecular weight excluding hydrogens is 408 g/mol. The minimum absolute atomic E-state index is 0.293. The van der Waals surface area contributed by atoms with Crippen LogP contribution in [0.5, 0.6) is 0 Å². The van der Waals surface area contributed by atoms with Gasteiger partial charge in [0.1, 0.15) is 11.5 Å². The maximum Gasteiger partial charge on any atom is 0.225 e. The minimum Gasteiger partial charge on any atom is -0.360 e. The average Bonchev–Trinajstić information content (AvgIpc) is 3.51. The highest BCUT2D eigenvalue weighted by molar-refractivity contribution is 5.86. The van der Waals surface area contributed by atoms with Crippen LogP contribution in [0.2, 0.25) is 0 Å². The van der Waals surface area contributed by atoms with E-state index >= 15 is 0 Å². The van der Waals surface area contributed by atoms with Crippen LogP contribution in [0.3, 0.4) is 0 Å². The van der Waals surface area contributed by atoms with Gasteiger partial charge in [0.25, 0.3) is 0 Å². The average molecular weight is 441 g/mol. The molecule has 0 radical (unpaired) electrons. The number of aryl methyl sites for hydroxylation is 4. The van der Waals surface area contributed by atoms with Crippen molar-refractivity contribution in [2.45, 2.75) is 65.7 Å². The van der Waals surface area contributed by atoms with E-state index in [0.717, 1.165) is 61.1 Å². The predicted molar refractivity (Wildman–Crippen MR) is 131 cm³/mol. The lowest BCUT2D eigenvalue weighted by molar-refractivity contribution is 0.276. The summed E-state index contributed by atoms with van der Waals surface area (Å²) < 4.78 is 6.00. The van der Waals surface area contributed by atoms with E-state index in [4.69, 9.17) is 4.52 Å². The molecule has 1 spiro atoms. The lowest BCUT2D eigenvalue weighted by Crippen LogP contribution is -2.43. The van der Waals surface area contributed by atoms with Crippen molar-refractivity contribution < 1.29 is 4.52 Å². The molecule has 0 atom stereocenters. The Morgan fingerprint density at radius 3 is 2.18 bits per heavy atom. The first-order valence-corrected chi connectivity index (χ1v) is 12.3. The highest BCUT2D eigenvalue weighted by Crippen LogP contribution is 2.55. The Morgan fingerprint density at radius 2 is 1.58 bits per heavy atom. The van der Waals surface area contributed by atoms with Crippen LogP contribution < -0.4 is 4.90 Å². The van der Waals surface area contributed by atoms with Gasteiger partial charge in [-0.15, -0.1) is 0 Å². The summed E-state index contributed by atoms with van der Waals surface area (Å²) in [5, 5.41) is 4.63. The maximum absolute atomic E-state index is 6.00. The molecule has 5 heteroatoms. The Bertz CT molecular complexity index is 1220. The number of hydrogen-bond acceptors (Lipinski definition) is 5. The zero-order chi connectivity index (χ0) is 22.7. The second kappa shape index (κ2) is 7.54. The molecule has 5 nitrogen and oxygen atoms in total. The van der Waals surface area contributed by atoms with Crippen molar-refractivity contribution in [3.63, 3.8) is 0 Å². The Balaban J connectivity index is 1.28. The molecule has 3 heterocycles. The van der Waals surface area contributed by atoms with Gasteiger partial charge in [-0.05, 0) is 88.0 Å². The summed E-state index contributed by atoms with van der Waals surface area (Å²) in [5.41, 5.74) is 9.94. The molecule has 0 unspecified atom stereocenters. The number of benzene rings is 1. The largest absolute Gasteiger partial charge is 0.360 e. The lowest BCUT2D eigenvalue weighted by atomic mass is 9.63. The van der Waals surface area contributed by atoms with Crippen molar-refractivity contribution in [1.29, 1.82) is 0 Å². The summed E-state index contributed by atoms with van der Waals surface area (Å²) in [6.07, 6.45) is 8.40. The second-order valence-electron chi connectivity index (χ2n) is 10.5. The summed E-state index contributed by atoms with van der Waals surface area (Å²) in [6.45, 7) is 10.5. The van der Waals surface area contributed by atoms with E-state index in [2.05, 4.69) is 72.0 Å². The molecule has 1 saturated heterocycles. The minimum atomic E-state index is 0.293. The van der Waals surface area contributed by atoms with Crippen LogP contribution in [-0.2, 0) is 0 Å². The molecule has 6 rings (SSSR count). The highest BCUT2D eigenvalue weighted by Gasteiger charge is 2.44. The number of piperidine rings is 1. The molecule has 0 amide bonds. The first kappa shape index (κ1) is 20.6. The normalized spacial score (nSPS) is 19.5. The Morgan fingerprint density at radius 1 is 0.939 bits per heavy atom. The number of rotatable bonds is 4. The number of hydrogen-bond donors (Lipinski definition) is 0. The molecule has 0 bridgehead atoms. The molecule has 170 valence electrons. The van der Waals surface area contributed by atoms with Gasteiger partial charge in [0.2, 0.25) is 5.95 Å². The van der Waals surface area contributed by atoms with Crippen LogP contribution in [0.15, 0.2) is 34.9 Å². The summed E-state index contributed by atoms with van der Waals surface area (Å²) >= 11 is 0. The van der Waals surface area contributed by atoms with Gasteiger partial charge in [-0.3, -0.25) is 0 Å². The van der Waals surface area contributed by atoms with E-state index in [0.29, 0.717) is 11.3 Å². The fourth-order valence-corrected chi connectivity index (χ4v) is 5.80. The Kier molecular flexibility index (Phi) is 4.72. The Labute approximate surface area is 195 Å². The smallest absolute Gasteiger partial charge is 0.225 e. The van der Waals surface area contributed by atoms with Crippen LogP contribution in [0.1, 0.15) is 71.9 Å². The molecule has 1 saturated carbocycles. The molecule has 1 aliphatic heterocycles. The summed E-state index contributed by atoms with van der Waals surface area (Å²) in [7, 11) is 0. The molecular formula is C28H32N4O. The fourth-order valence-electron chi connectivity index (χ4n) is 5.80. The molecule has 3 aromatic rings. The van der Waals surface area contributed by atoms with E-state index < -0.39 is 0 Å². The number of aromatic nitrogens is 3. The third-order valence-corrected chi connectivity index (χ3v) is 7.74. The quantitative estimate of drug-likeness (QED) is 0.475. The molecule has 2 aromatic heterocycles. The van der Waals surface area contributed by atoms with E-state index in [1.165, 1.54) is 40.7 Å². The number of anilines is 1. The van der Waals surface area contributed by atoms with Gasteiger partial charge >= 0.3 is 0 Å². The number of allylic oxidation sites excluding steroid dienone is 2. The molecule has 3 aliphatic rings. The SMILES string of the molecule is Cc1cc(C)nc(N2CCC3(C=C(c4c(-c5c(C)cccc5C)noc4C4CC4)C3)CC2)n1. The zero-order valence-corrected chi connectivity index (χ0v) is 20.1. The van der Waals surface area contributed by atoms with Crippen LogP contribution in [-0.4, -0.2) is 28.2 Å². The summed E-state index contributed by atoms with van der Waals surface area (Å²) in [5.74, 6) is 2.56. The fraction of sp³-hybridized carbons (Fsp3) is 0.464. The van der Waals surface area contributed by atoms with E-state index in [1.54, 1.807) is 0 Å². The number of nitrogens with zero attached hydrogens (tertiary/aromatic N) is 4. The van der Waals surface area contributed by atoms with Gasteiger partial charge < -0.3 is 9.42 Å². The maximum atomic E-state index is 6.00. The van der Waals surface area contributed by atoms with Crippen LogP contribution in [0.4, 0.5) is 5.95 Å². The first-order chi connectivity index (χ1) is 15.9. The van der Waals surface area contributed by atoms with Gasteiger partial charge in [0, 0.05) is 41.5 Å². The predicted octanol–water partition coefficient (Wildman–Crippen LogP) is 6.32. The lowest BCUT2D eigenvalue weighted by Gasteiger charge is -2.46. The van der Waals surface area contributed by atoms with Crippen LogP contribution in [0.25, 0.3) is 16.8 Å². The second-order valence-corrected chi connectivity index (χ2v) is 10.5. The van der Waals surface area contributed by atoms with Crippen molar-refractivity contribution >= 4 is 11.5 Å². The molecule has 2 fully saturated rings. The van der Waals surface area contributed by atoms with Crippen molar-refractivity contribution in [1.82, 2.24) is 15.1 Å². The third kappa shape index (κ3) is 3.58. The first-order valence-electron chi connectivity index (χ1n) is 12.3. The van der Waals surface area contributed by atoms with Gasteiger partial charge in [-0.1, -0.05) is 29.4 Å². The van der Waals surface area contributed by atoms with E-state index in [1.807, 2.05) is 6.07 Å². The van der Waals surface area contributed by atoms with E-state index in [-0.39, 0.29) is 0 Å². The van der Waals surface area contributed by atoms with Crippen LogP contribution >= 0.6 is 0 Å². The van der Waals surface area contributed by atoms with Gasteiger partial charge in [0.15, 0.2) is 0 Å². The third-order valence-electron chi connectivity index (χ3n) is 7.74. The van der Waals surface area contributed by atoms with Gasteiger partial charge in [-0.25, -0.2) is 9.97 Å². The summed E-state index contributed by atoms with van der Waals surface area (Å²) in [4.78, 5) is 11.7. The zero-order valence-electron chi connectivity index (χ0n) is 20.1. The van der Waals surface area contributed by atoms with Crippen molar-refractivity contribution in [3.8, 4) is 11.3 Å². The molecule has 0 N–H and O–H groups in total. The molecule has 33 heavy (non-hydrogen) atoms. The topological polar surface area (TPSA) is 55.1 Å². The van der Waals surface area contributed by atoms with Crippen molar-refractivity contribution in [2.75, 3.05) is 18.0 Å². The molecule has 2 aliphatic carbocycles. The van der Waals surface area contributed by atoms with Crippen molar-refractivity contribution in [3.05, 3.63) is 64.2 Å². The monoisotopic (exact) mass is 440 g/mol. The van der Waals surface area contributed by atoms with E-state index in [9.17, 15) is 0 Å². The standard InChI is InChI=1S/C28H32N4O/c1-17-6-5-7-18(2)23(17)25-24(26(33-31-25)21-8-9-21)22-15-28(16-22)10-12-32(13-11-28)27-29-19(3)14-20(4)30-27/h5-7,14-15,21H,8-13,16H2,1-4H3. The summed E-state index contributed by atoms with van der Waals surface area (Å²) in [6, 6.07) is 8.53. The Hall–Kier alpha value is -2.95. The molecule has 1 aromatic carbocycles.